The summed E-state index contributed by atoms with van der Waals surface area (Å²) < 4.78 is 56.5. The highest BCUT2D eigenvalue weighted by atomic mass is 19.3. The number of nitrogens with zero attached hydrogens (tertiary/aromatic N) is 1. The molecule has 1 aliphatic carbocycles. The molecular weight excluding hydrogens is 484 g/mol. The maximum absolute atomic E-state index is 13.9. The van der Waals surface area contributed by atoms with Crippen LogP contribution in [0.5, 0.6) is 0 Å². The number of nitrogens with one attached hydrogen (secondary N) is 3. The number of ketones is 1. The van der Waals surface area contributed by atoms with Crippen molar-refractivity contribution in [3.05, 3.63) is 51.8 Å². The molecule has 1 aromatic carbocycles. The van der Waals surface area contributed by atoms with Crippen molar-refractivity contribution in [2.24, 2.45) is 0 Å². The molecule has 1 fully saturated rings. The lowest BCUT2D eigenvalue weighted by Gasteiger charge is -2.45. The molecule has 2 heterocycles. The van der Waals surface area contributed by atoms with Crippen LogP contribution in [0, 0.1) is 25.5 Å². The molecule has 192 valence electrons. The van der Waals surface area contributed by atoms with Gasteiger partial charge in [-0.25, -0.2) is 17.6 Å². The van der Waals surface area contributed by atoms with Crippen molar-refractivity contribution in [2.75, 3.05) is 12.4 Å². The van der Waals surface area contributed by atoms with E-state index in [0.29, 0.717) is 25.1 Å². The van der Waals surface area contributed by atoms with Gasteiger partial charge in [-0.15, -0.1) is 0 Å². The number of aromatic nitrogens is 1. The molecule has 0 unspecified atom stereocenters. The van der Waals surface area contributed by atoms with Crippen molar-refractivity contribution in [1.29, 1.82) is 0 Å². The summed E-state index contributed by atoms with van der Waals surface area (Å²) in [6.07, 6.45) is -0.911. The zero-order valence-corrected chi connectivity index (χ0v) is 19.8. The molecule has 1 saturated carbocycles. The molecule has 0 radical (unpaired) electrons. The second kappa shape index (κ2) is 8.75. The average molecular weight is 508 g/mol. The smallest absolute Gasteiger partial charge is 0.294 e. The number of carbonyl (C=O) groups excluding carboxylic acids is 4. The van der Waals surface area contributed by atoms with Crippen molar-refractivity contribution in [3.8, 4) is 0 Å². The number of hydrogen-bond acceptors (Lipinski definition) is 4. The first-order valence-corrected chi connectivity index (χ1v) is 11.3. The largest absolute Gasteiger partial charge is 0.357 e. The van der Waals surface area contributed by atoms with Crippen LogP contribution in [-0.4, -0.2) is 46.6 Å². The maximum Gasteiger partial charge on any atom is 0.294 e. The van der Waals surface area contributed by atoms with Gasteiger partial charge in [0.2, 0.25) is 5.91 Å². The number of amides is 3. The highest BCUT2D eigenvalue weighted by Crippen LogP contribution is 2.45. The Morgan fingerprint density at radius 2 is 1.61 bits per heavy atom. The predicted octanol–water partition coefficient (Wildman–Crippen LogP) is 2.79. The van der Waals surface area contributed by atoms with Crippen molar-refractivity contribution < 1.29 is 36.7 Å². The van der Waals surface area contributed by atoms with E-state index >= 15 is 0 Å². The molecule has 3 amide bonds. The minimum absolute atomic E-state index is 0.0845. The van der Waals surface area contributed by atoms with Crippen molar-refractivity contribution in [1.82, 2.24) is 15.2 Å². The van der Waals surface area contributed by atoms with Gasteiger partial charge in [-0.2, -0.15) is 0 Å². The van der Waals surface area contributed by atoms with E-state index in [1.807, 2.05) is 0 Å². The number of hydrogen-bond donors (Lipinski definition) is 3. The second-order valence-electron chi connectivity index (χ2n) is 9.22. The normalized spacial score (nSPS) is 17.1. The molecule has 0 atom stereocenters. The summed E-state index contributed by atoms with van der Waals surface area (Å²) in [5, 5.41) is 6.82. The molecule has 12 heteroatoms. The lowest BCUT2D eigenvalue weighted by Crippen LogP contribution is -2.69. The SMILES string of the molecule is CNC(=O)C1(NC(=O)C(=O)c2c(C)c(C(=O)Nc3cc(F)c(C)c(F)c3)c3n2CCC3)CC(F)(F)C1. The van der Waals surface area contributed by atoms with Crippen LogP contribution in [0.3, 0.4) is 0 Å². The van der Waals surface area contributed by atoms with Crippen LogP contribution in [-0.2, 0) is 22.6 Å². The number of anilines is 1. The summed E-state index contributed by atoms with van der Waals surface area (Å²) in [6, 6.07) is 1.93. The summed E-state index contributed by atoms with van der Waals surface area (Å²) in [6.45, 7) is 3.02. The van der Waals surface area contributed by atoms with Gasteiger partial charge in [0.25, 0.3) is 23.5 Å². The highest BCUT2D eigenvalue weighted by Gasteiger charge is 2.62. The van der Waals surface area contributed by atoms with Gasteiger partial charge in [0.05, 0.1) is 11.3 Å². The zero-order valence-electron chi connectivity index (χ0n) is 19.8. The van der Waals surface area contributed by atoms with Crippen LogP contribution in [0.2, 0.25) is 0 Å². The molecule has 0 saturated heterocycles. The fraction of sp³-hybridized carbons (Fsp3) is 0.417. The molecule has 2 aliphatic rings. The van der Waals surface area contributed by atoms with E-state index in [0.717, 1.165) is 12.1 Å². The number of benzene rings is 1. The van der Waals surface area contributed by atoms with E-state index in [1.54, 1.807) is 0 Å². The number of fused-ring (bicyclic) bond motifs is 1. The Morgan fingerprint density at radius 1 is 1.00 bits per heavy atom. The Hall–Kier alpha value is -3.70. The lowest BCUT2D eigenvalue weighted by atomic mass is 9.72. The van der Waals surface area contributed by atoms with Crippen LogP contribution in [0.1, 0.15) is 56.9 Å². The summed E-state index contributed by atoms with van der Waals surface area (Å²) in [5.41, 5.74) is -1.65. The lowest BCUT2D eigenvalue weighted by molar-refractivity contribution is -0.164. The van der Waals surface area contributed by atoms with E-state index in [4.69, 9.17) is 0 Å². The molecule has 2 aromatic rings. The number of likely N-dealkylation sites (N-methyl/N-ethyl adjacent to an activating group) is 1. The summed E-state index contributed by atoms with van der Waals surface area (Å²) in [7, 11) is 1.23. The maximum atomic E-state index is 13.9. The fourth-order valence-corrected chi connectivity index (χ4v) is 4.98. The molecule has 8 nitrogen and oxygen atoms in total. The number of alkyl halides is 2. The van der Waals surface area contributed by atoms with Crippen molar-refractivity contribution >= 4 is 29.2 Å². The first-order chi connectivity index (χ1) is 16.8. The Morgan fingerprint density at radius 3 is 2.17 bits per heavy atom. The van der Waals surface area contributed by atoms with Gasteiger partial charge < -0.3 is 20.5 Å². The number of carbonyl (C=O) groups is 4. The quantitative estimate of drug-likeness (QED) is 0.317. The molecule has 0 spiro atoms. The van der Waals surface area contributed by atoms with Gasteiger partial charge in [-0.05, 0) is 44.4 Å². The van der Waals surface area contributed by atoms with E-state index in [9.17, 15) is 36.7 Å². The molecule has 36 heavy (non-hydrogen) atoms. The number of Topliss-reactive ketones (excluding diaryl/α,β-unsaturated/α-hetero) is 1. The standard InChI is InChI=1S/C24H24F4N4O4/c1-11-14(25)7-13(8-15(11)26)30-20(34)17-12(2)18(32-6-4-5-16(17)32)19(33)21(35)31-23(22(36)29-3)9-24(27,28)10-23/h7-8H,4-6,9-10H2,1-3H3,(H,29,36)(H,30,34)(H,31,35). The minimum Gasteiger partial charge on any atom is -0.357 e. The van der Waals surface area contributed by atoms with E-state index in [2.05, 4.69) is 16.0 Å². The third-order valence-electron chi connectivity index (χ3n) is 6.73. The third-order valence-corrected chi connectivity index (χ3v) is 6.73. The van der Waals surface area contributed by atoms with E-state index in [1.165, 1.54) is 25.5 Å². The van der Waals surface area contributed by atoms with Gasteiger partial charge in [-0.3, -0.25) is 19.2 Å². The monoisotopic (exact) mass is 508 g/mol. The molecule has 4 rings (SSSR count). The van der Waals surface area contributed by atoms with Gasteiger partial charge >= 0.3 is 0 Å². The van der Waals surface area contributed by atoms with Gasteiger partial charge in [0.1, 0.15) is 17.2 Å². The molecule has 1 aromatic heterocycles. The van der Waals surface area contributed by atoms with Crippen LogP contribution >= 0.6 is 0 Å². The molecular formula is C24H24F4N4O4. The topological polar surface area (TPSA) is 109 Å². The Bertz CT molecular complexity index is 1290. The molecule has 0 bridgehead atoms. The number of rotatable bonds is 6. The predicted molar refractivity (Wildman–Crippen MR) is 120 cm³/mol. The van der Waals surface area contributed by atoms with E-state index < -0.39 is 59.4 Å². The first-order valence-electron chi connectivity index (χ1n) is 11.3. The Balaban J connectivity index is 1.63. The van der Waals surface area contributed by atoms with Crippen molar-refractivity contribution in [2.45, 2.75) is 57.5 Å². The van der Waals surface area contributed by atoms with Crippen LogP contribution in [0.4, 0.5) is 23.2 Å². The number of halogens is 4. The summed E-state index contributed by atoms with van der Waals surface area (Å²) >= 11 is 0. The second-order valence-corrected chi connectivity index (χ2v) is 9.22. The van der Waals surface area contributed by atoms with Gasteiger partial charge in [0, 0.05) is 43.4 Å². The zero-order chi connectivity index (χ0) is 26.6. The molecule has 3 N–H and O–H groups in total. The van der Waals surface area contributed by atoms with Crippen LogP contribution in [0.15, 0.2) is 12.1 Å². The summed E-state index contributed by atoms with van der Waals surface area (Å²) in [4.78, 5) is 51.3. The Labute approximate surface area is 203 Å². The third kappa shape index (κ3) is 4.14. The van der Waals surface area contributed by atoms with Crippen molar-refractivity contribution in [3.63, 3.8) is 0 Å². The van der Waals surface area contributed by atoms with E-state index in [-0.39, 0.29) is 28.1 Å². The Kier molecular flexibility index (Phi) is 6.17. The average Bonchev–Trinajstić information content (AvgIpc) is 3.34. The molecule has 1 aliphatic heterocycles. The van der Waals surface area contributed by atoms with Crippen LogP contribution < -0.4 is 16.0 Å². The minimum atomic E-state index is -3.16. The fourth-order valence-electron chi connectivity index (χ4n) is 4.98. The highest BCUT2D eigenvalue weighted by molar-refractivity contribution is 6.43. The van der Waals surface area contributed by atoms with Crippen LogP contribution in [0.25, 0.3) is 0 Å². The summed E-state index contributed by atoms with van der Waals surface area (Å²) in [5.74, 6) is -8.74. The van der Waals surface area contributed by atoms with Gasteiger partial charge in [-0.1, -0.05) is 0 Å². The van der Waals surface area contributed by atoms with Gasteiger partial charge in [0.15, 0.2) is 0 Å². The first kappa shape index (κ1) is 25.4.